The summed E-state index contributed by atoms with van der Waals surface area (Å²) < 4.78 is 26.7. The van der Waals surface area contributed by atoms with Crippen molar-refractivity contribution in [3.63, 3.8) is 0 Å². The van der Waals surface area contributed by atoms with Gasteiger partial charge in [-0.2, -0.15) is 8.78 Å². The molecule has 1 saturated heterocycles. The lowest BCUT2D eigenvalue weighted by Crippen LogP contribution is -2.38. The zero-order valence-corrected chi connectivity index (χ0v) is 11.6. The van der Waals surface area contributed by atoms with Crippen molar-refractivity contribution in [1.82, 2.24) is 19.8 Å². The molecule has 1 N–H and O–H groups in total. The molecule has 112 valence electrons. The molecular weight excluding hydrogens is 262 g/mol. The predicted octanol–water partition coefficient (Wildman–Crippen LogP) is 2.24. The van der Waals surface area contributed by atoms with Crippen LogP contribution in [0.4, 0.5) is 8.78 Å². The second kappa shape index (κ2) is 6.18. The Labute approximate surface area is 118 Å². The van der Waals surface area contributed by atoms with E-state index < -0.39 is 6.55 Å². The van der Waals surface area contributed by atoms with Gasteiger partial charge in [0, 0.05) is 31.5 Å². The highest BCUT2D eigenvalue weighted by Crippen LogP contribution is 2.30. The molecule has 1 aliphatic carbocycles. The quantitative estimate of drug-likeness (QED) is 0.833. The number of hydrogen-bond acceptors (Lipinski definition) is 3. The van der Waals surface area contributed by atoms with Crippen molar-refractivity contribution >= 4 is 0 Å². The van der Waals surface area contributed by atoms with Crippen molar-refractivity contribution in [3.8, 4) is 0 Å². The molecule has 0 spiro atoms. The Morgan fingerprint density at radius 1 is 1.35 bits per heavy atom. The highest BCUT2D eigenvalue weighted by Gasteiger charge is 2.27. The fourth-order valence-electron chi connectivity index (χ4n) is 2.94. The number of imidazole rings is 1. The van der Waals surface area contributed by atoms with Gasteiger partial charge in [-0.05, 0) is 38.1 Å². The van der Waals surface area contributed by atoms with Crippen molar-refractivity contribution < 1.29 is 8.78 Å². The maximum Gasteiger partial charge on any atom is 0.319 e. The van der Waals surface area contributed by atoms with Crippen LogP contribution in [0.1, 0.15) is 38.1 Å². The van der Waals surface area contributed by atoms with Crippen molar-refractivity contribution in [3.05, 3.63) is 18.2 Å². The van der Waals surface area contributed by atoms with E-state index in [0.717, 1.165) is 30.1 Å². The van der Waals surface area contributed by atoms with Crippen LogP contribution in [0.5, 0.6) is 0 Å². The normalized spacial score (nSPS) is 23.1. The maximum absolute atomic E-state index is 12.9. The van der Waals surface area contributed by atoms with Gasteiger partial charge in [0.15, 0.2) is 0 Å². The fourth-order valence-corrected chi connectivity index (χ4v) is 2.94. The first-order chi connectivity index (χ1) is 9.72. The number of rotatable bonds is 7. The molecule has 1 saturated carbocycles. The zero-order valence-electron chi connectivity index (χ0n) is 11.6. The van der Waals surface area contributed by atoms with Gasteiger partial charge in [-0.3, -0.25) is 9.47 Å². The molecule has 2 aliphatic rings. The Hall–Kier alpha value is -1.01. The molecule has 3 rings (SSSR count). The summed E-state index contributed by atoms with van der Waals surface area (Å²) in [6, 6.07) is 0.503. The van der Waals surface area contributed by atoms with Crippen LogP contribution >= 0.6 is 0 Å². The number of halogens is 2. The van der Waals surface area contributed by atoms with Gasteiger partial charge in [-0.1, -0.05) is 0 Å². The average Bonchev–Trinajstić information content (AvgIpc) is 2.91. The molecule has 1 atom stereocenters. The van der Waals surface area contributed by atoms with Crippen LogP contribution < -0.4 is 5.32 Å². The van der Waals surface area contributed by atoms with Crippen molar-refractivity contribution in [2.45, 2.75) is 44.8 Å². The molecular formula is C14H22F2N4. The van der Waals surface area contributed by atoms with Crippen LogP contribution in [-0.4, -0.2) is 40.1 Å². The van der Waals surface area contributed by atoms with E-state index in [2.05, 4.69) is 15.2 Å². The third-order valence-corrected chi connectivity index (χ3v) is 4.18. The first kappa shape index (κ1) is 13.9. The van der Waals surface area contributed by atoms with E-state index in [0.29, 0.717) is 18.4 Å². The first-order valence-corrected chi connectivity index (χ1v) is 7.48. The molecule has 0 bridgehead atoms. The van der Waals surface area contributed by atoms with Gasteiger partial charge in [0.05, 0.1) is 6.54 Å². The smallest absolute Gasteiger partial charge is 0.313 e. The van der Waals surface area contributed by atoms with E-state index in [-0.39, 0.29) is 0 Å². The van der Waals surface area contributed by atoms with E-state index in [1.54, 1.807) is 0 Å². The molecule has 1 aromatic rings. The highest BCUT2D eigenvalue weighted by atomic mass is 19.3. The second-order valence-corrected chi connectivity index (χ2v) is 5.96. The Balaban J connectivity index is 1.63. The topological polar surface area (TPSA) is 33.1 Å². The molecule has 4 nitrogen and oxygen atoms in total. The molecule has 1 aliphatic heterocycles. The molecule has 0 amide bonds. The standard InChI is InChI=1S/C14H22F2N4/c15-14(16)20-7-6-18-13(20)10-19(8-11-3-4-11)9-12-2-1-5-17-12/h6-7,11-12,14,17H,1-5,8-10H2. The lowest BCUT2D eigenvalue weighted by Gasteiger charge is -2.25. The van der Waals surface area contributed by atoms with E-state index >= 15 is 0 Å². The highest BCUT2D eigenvalue weighted by molar-refractivity contribution is 4.94. The summed E-state index contributed by atoms with van der Waals surface area (Å²) in [5.74, 6) is 1.23. The molecule has 2 heterocycles. The Morgan fingerprint density at radius 3 is 2.85 bits per heavy atom. The van der Waals surface area contributed by atoms with Crippen LogP contribution in [0.25, 0.3) is 0 Å². The van der Waals surface area contributed by atoms with Crippen LogP contribution in [0, 0.1) is 5.92 Å². The van der Waals surface area contributed by atoms with Crippen LogP contribution in [0.3, 0.4) is 0 Å². The first-order valence-electron chi connectivity index (χ1n) is 7.48. The molecule has 1 unspecified atom stereocenters. The Kier molecular flexibility index (Phi) is 4.31. The summed E-state index contributed by atoms with van der Waals surface area (Å²) in [6.45, 7) is 1.04. The van der Waals surface area contributed by atoms with E-state index in [1.807, 2.05) is 0 Å². The van der Waals surface area contributed by atoms with Gasteiger partial charge >= 0.3 is 6.55 Å². The van der Waals surface area contributed by atoms with Crippen LogP contribution in [-0.2, 0) is 6.54 Å². The number of alkyl halides is 2. The van der Waals surface area contributed by atoms with Gasteiger partial charge in [0.2, 0.25) is 0 Å². The number of aromatic nitrogens is 2. The van der Waals surface area contributed by atoms with Gasteiger partial charge in [0.25, 0.3) is 0 Å². The van der Waals surface area contributed by atoms with E-state index in [1.165, 1.54) is 38.1 Å². The van der Waals surface area contributed by atoms with Crippen molar-refractivity contribution in [2.24, 2.45) is 5.92 Å². The minimum absolute atomic E-state index is 0.471. The summed E-state index contributed by atoms with van der Waals surface area (Å²) in [5.41, 5.74) is 0. The van der Waals surface area contributed by atoms with Crippen LogP contribution in [0.15, 0.2) is 12.4 Å². The SMILES string of the molecule is FC(F)n1ccnc1CN(CC1CC1)CC1CCCN1. The third kappa shape index (κ3) is 3.55. The lowest BCUT2D eigenvalue weighted by atomic mass is 10.2. The van der Waals surface area contributed by atoms with E-state index in [4.69, 9.17) is 0 Å². The van der Waals surface area contributed by atoms with E-state index in [9.17, 15) is 8.78 Å². The number of hydrogen-bond donors (Lipinski definition) is 1. The second-order valence-electron chi connectivity index (χ2n) is 5.96. The summed E-state index contributed by atoms with van der Waals surface area (Å²) in [4.78, 5) is 6.39. The molecule has 2 fully saturated rings. The largest absolute Gasteiger partial charge is 0.319 e. The zero-order chi connectivity index (χ0) is 13.9. The molecule has 20 heavy (non-hydrogen) atoms. The predicted molar refractivity (Wildman–Crippen MR) is 72.5 cm³/mol. The fraction of sp³-hybridized carbons (Fsp3) is 0.786. The van der Waals surface area contributed by atoms with Gasteiger partial charge in [-0.25, -0.2) is 4.98 Å². The molecule has 0 radical (unpaired) electrons. The lowest BCUT2D eigenvalue weighted by molar-refractivity contribution is 0.0634. The minimum atomic E-state index is -2.50. The summed E-state index contributed by atoms with van der Waals surface area (Å²) in [5, 5.41) is 3.48. The number of nitrogens with zero attached hydrogens (tertiary/aromatic N) is 3. The number of nitrogens with one attached hydrogen (secondary N) is 1. The van der Waals surface area contributed by atoms with Crippen molar-refractivity contribution in [2.75, 3.05) is 19.6 Å². The van der Waals surface area contributed by atoms with Gasteiger partial charge in [-0.15, -0.1) is 0 Å². The Bertz CT molecular complexity index is 425. The molecule has 6 heteroatoms. The Morgan fingerprint density at radius 2 is 2.20 bits per heavy atom. The minimum Gasteiger partial charge on any atom is -0.313 e. The monoisotopic (exact) mass is 284 g/mol. The summed E-state index contributed by atoms with van der Waals surface area (Å²) in [6.07, 6.45) is 7.78. The van der Waals surface area contributed by atoms with Crippen molar-refractivity contribution in [1.29, 1.82) is 0 Å². The van der Waals surface area contributed by atoms with Gasteiger partial charge < -0.3 is 5.32 Å². The average molecular weight is 284 g/mol. The van der Waals surface area contributed by atoms with Gasteiger partial charge in [0.1, 0.15) is 5.82 Å². The maximum atomic E-state index is 12.9. The van der Waals surface area contributed by atoms with Crippen LogP contribution in [0.2, 0.25) is 0 Å². The summed E-state index contributed by atoms with van der Waals surface area (Å²) in [7, 11) is 0. The third-order valence-electron chi connectivity index (χ3n) is 4.18. The molecule has 1 aromatic heterocycles. The molecule has 0 aromatic carbocycles. The summed E-state index contributed by atoms with van der Waals surface area (Å²) >= 11 is 0.